The third-order valence-corrected chi connectivity index (χ3v) is 5.04. The molecular formula is C18H32N6O8S. The molecule has 0 saturated carbocycles. The Hall–Kier alpha value is -2.91. The van der Waals surface area contributed by atoms with Gasteiger partial charge in [0.05, 0.1) is 12.6 Å². The molecule has 5 amide bonds. The van der Waals surface area contributed by atoms with Crippen molar-refractivity contribution in [3.8, 4) is 0 Å². The number of primary amides is 2. The Morgan fingerprint density at radius 2 is 1.24 bits per heavy atom. The molecule has 0 aromatic rings. The van der Waals surface area contributed by atoms with Gasteiger partial charge in [0.2, 0.25) is 29.5 Å². The minimum Gasteiger partial charge on any atom is -0.480 e. The number of aliphatic hydroxyl groups excluding tert-OH is 1. The fraction of sp³-hybridized carbons (Fsp3) is 0.667. The lowest BCUT2D eigenvalue weighted by Gasteiger charge is -2.24. The molecule has 0 aromatic carbocycles. The smallest absolute Gasteiger partial charge is 0.328 e. The van der Waals surface area contributed by atoms with E-state index in [2.05, 4.69) is 16.0 Å². The van der Waals surface area contributed by atoms with Gasteiger partial charge in [0, 0.05) is 12.8 Å². The van der Waals surface area contributed by atoms with Gasteiger partial charge in [-0.3, -0.25) is 24.0 Å². The number of amides is 5. The molecule has 14 nitrogen and oxygen atoms in total. The van der Waals surface area contributed by atoms with Crippen LogP contribution in [0, 0.1) is 0 Å². The van der Waals surface area contributed by atoms with Gasteiger partial charge >= 0.3 is 5.97 Å². The lowest BCUT2D eigenvalue weighted by molar-refractivity contribution is -0.143. The molecule has 11 N–H and O–H groups in total. The Labute approximate surface area is 194 Å². The number of carbonyl (C=O) groups excluding carboxylic acids is 5. The highest BCUT2D eigenvalue weighted by Gasteiger charge is 2.30. The van der Waals surface area contributed by atoms with Crippen molar-refractivity contribution in [2.75, 3.05) is 18.6 Å². The van der Waals surface area contributed by atoms with Crippen molar-refractivity contribution in [2.24, 2.45) is 17.2 Å². The molecule has 0 rings (SSSR count). The summed E-state index contributed by atoms with van der Waals surface area (Å²) in [5.41, 5.74) is 15.9. The highest BCUT2D eigenvalue weighted by molar-refractivity contribution is 7.98. The van der Waals surface area contributed by atoms with Gasteiger partial charge in [0.1, 0.15) is 18.1 Å². The first-order chi connectivity index (χ1) is 15.4. The summed E-state index contributed by atoms with van der Waals surface area (Å²) < 4.78 is 0. The van der Waals surface area contributed by atoms with Crippen LogP contribution in [0.1, 0.15) is 32.1 Å². The summed E-state index contributed by atoms with van der Waals surface area (Å²) in [5, 5.41) is 25.0. The average Bonchev–Trinajstić information content (AvgIpc) is 2.74. The quantitative estimate of drug-likeness (QED) is 0.0979. The zero-order valence-electron chi connectivity index (χ0n) is 18.2. The van der Waals surface area contributed by atoms with Crippen LogP contribution in [0.4, 0.5) is 0 Å². The molecular weight excluding hydrogens is 460 g/mol. The second kappa shape index (κ2) is 15.8. The summed E-state index contributed by atoms with van der Waals surface area (Å²) in [6.45, 7) is -0.896. The first kappa shape index (κ1) is 30.1. The van der Waals surface area contributed by atoms with E-state index in [9.17, 15) is 28.8 Å². The number of hydrogen-bond donors (Lipinski definition) is 8. The van der Waals surface area contributed by atoms with Crippen LogP contribution < -0.4 is 33.2 Å². The van der Waals surface area contributed by atoms with Crippen molar-refractivity contribution in [3.63, 3.8) is 0 Å². The summed E-state index contributed by atoms with van der Waals surface area (Å²) in [6.07, 6.45) is 1.25. The van der Waals surface area contributed by atoms with E-state index in [-0.39, 0.29) is 32.1 Å². The molecule has 33 heavy (non-hydrogen) atoms. The molecule has 15 heteroatoms. The van der Waals surface area contributed by atoms with Crippen molar-refractivity contribution in [3.05, 3.63) is 0 Å². The van der Waals surface area contributed by atoms with Gasteiger partial charge in [-0.1, -0.05) is 0 Å². The minimum atomic E-state index is -1.62. The van der Waals surface area contributed by atoms with Gasteiger partial charge < -0.3 is 43.4 Å². The Kier molecular flexibility index (Phi) is 14.4. The number of thioether (sulfide) groups is 1. The summed E-state index contributed by atoms with van der Waals surface area (Å²) >= 11 is 1.39. The van der Waals surface area contributed by atoms with E-state index in [1.807, 2.05) is 0 Å². The molecule has 0 spiro atoms. The molecule has 0 fully saturated rings. The summed E-state index contributed by atoms with van der Waals surface area (Å²) in [6, 6.07) is -5.20. The van der Waals surface area contributed by atoms with Crippen LogP contribution in [0.5, 0.6) is 0 Å². The van der Waals surface area contributed by atoms with Crippen LogP contribution >= 0.6 is 11.8 Å². The monoisotopic (exact) mass is 492 g/mol. The van der Waals surface area contributed by atoms with Crippen LogP contribution in [0.2, 0.25) is 0 Å². The van der Waals surface area contributed by atoms with Gasteiger partial charge in [0.25, 0.3) is 0 Å². The number of rotatable bonds is 17. The summed E-state index contributed by atoms with van der Waals surface area (Å²) in [4.78, 5) is 70.7. The fourth-order valence-electron chi connectivity index (χ4n) is 2.50. The first-order valence-electron chi connectivity index (χ1n) is 9.98. The second-order valence-corrected chi connectivity index (χ2v) is 8.09. The van der Waals surface area contributed by atoms with Crippen molar-refractivity contribution in [1.29, 1.82) is 0 Å². The van der Waals surface area contributed by atoms with E-state index in [1.165, 1.54) is 11.8 Å². The molecule has 0 aliphatic rings. The highest BCUT2D eigenvalue weighted by atomic mass is 32.2. The van der Waals surface area contributed by atoms with Crippen LogP contribution in [0.25, 0.3) is 0 Å². The second-order valence-electron chi connectivity index (χ2n) is 7.10. The maximum Gasteiger partial charge on any atom is 0.328 e. The summed E-state index contributed by atoms with van der Waals surface area (Å²) in [5.74, 6) is -4.88. The predicted octanol–water partition coefficient (Wildman–Crippen LogP) is -3.87. The van der Waals surface area contributed by atoms with E-state index in [1.54, 1.807) is 6.26 Å². The molecule has 0 aliphatic carbocycles. The number of nitrogens with two attached hydrogens (primary N) is 3. The molecule has 0 aliphatic heterocycles. The minimum absolute atomic E-state index is 0.0284. The first-order valence-corrected chi connectivity index (χ1v) is 11.4. The van der Waals surface area contributed by atoms with Crippen LogP contribution in [0.15, 0.2) is 0 Å². The van der Waals surface area contributed by atoms with Gasteiger partial charge in [-0.15, -0.1) is 0 Å². The lowest BCUT2D eigenvalue weighted by atomic mass is 10.1. The van der Waals surface area contributed by atoms with Crippen LogP contribution in [-0.2, 0) is 28.8 Å². The Bertz CT molecular complexity index is 722. The molecule has 188 valence electrons. The van der Waals surface area contributed by atoms with E-state index in [4.69, 9.17) is 27.4 Å². The SMILES string of the molecule is CSCCC(NC(=O)C(N)CCC(N)=O)C(=O)NC(CCC(N)=O)C(=O)NC(CO)C(=O)O. The molecule has 0 bridgehead atoms. The zero-order valence-corrected chi connectivity index (χ0v) is 19.1. The van der Waals surface area contributed by atoms with Crippen molar-refractivity contribution in [1.82, 2.24) is 16.0 Å². The van der Waals surface area contributed by atoms with E-state index < -0.39 is 66.3 Å². The van der Waals surface area contributed by atoms with Gasteiger partial charge in [-0.2, -0.15) is 11.8 Å². The van der Waals surface area contributed by atoms with Gasteiger partial charge in [-0.05, 0) is 31.3 Å². The highest BCUT2D eigenvalue weighted by Crippen LogP contribution is 2.06. The maximum absolute atomic E-state index is 12.8. The Morgan fingerprint density at radius 1 is 0.788 bits per heavy atom. The van der Waals surface area contributed by atoms with Crippen molar-refractivity contribution < 1.29 is 39.0 Å². The van der Waals surface area contributed by atoms with Gasteiger partial charge in [-0.25, -0.2) is 4.79 Å². The number of carbonyl (C=O) groups is 6. The Balaban J connectivity index is 5.40. The van der Waals surface area contributed by atoms with Crippen molar-refractivity contribution >= 4 is 47.3 Å². The topological polar surface area (TPSA) is 257 Å². The van der Waals surface area contributed by atoms with Crippen LogP contribution in [0.3, 0.4) is 0 Å². The molecule has 0 aromatic heterocycles. The van der Waals surface area contributed by atoms with Crippen molar-refractivity contribution in [2.45, 2.75) is 56.3 Å². The van der Waals surface area contributed by atoms with E-state index >= 15 is 0 Å². The largest absolute Gasteiger partial charge is 0.480 e. The lowest BCUT2D eigenvalue weighted by Crippen LogP contribution is -2.57. The standard InChI is InChI=1S/C18H32N6O8S/c1-33-7-6-11(22-15(28)9(19)2-4-13(20)26)17(30)23-10(3-5-14(21)27)16(29)24-12(8-25)18(31)32/h9-12,25H,2-8,19H2,1H3,(H2,20,26)(H2,21,27)(H,22,28)(H,23,30)(H,24,29)(H,31,32). The third kappa shape index (κ3) is 12.6. The molecule has 0 heterocycles. The maximum atomic E-state index is 12.8. The molecule has 4 unspecified atom stereocenters. The summed E-state index contributed by atoms with van der Waals surface area (Å²) in [7, 11) is 0. The van der Waals surface area contributed by atoms with Gasteiger partial charge in [0.15, 0.2) is 0 Å². The fourth-order valence-corrected chi connectivity index (χ4v) is 2.97. The number of nitrogens with one attached hydrogen (secondary N) is 3. The normalized spacial score (nSPS) is 14.3. The third-order valence-electron chi connectivity index (χ3n) is 4.39. The van der Waals surface area contributed by atoms with E-state index in [0.29, 0.717) is 5.75 Å². The number of aliphatic hydroxyl groups is 1. The number of hydrogen-bond acceptors (Lipinski definition) is 9. The molecule has 0 saturated heterocycles. The Morgan fingerprint density at radius 3 is 1.70 bits per heavy atom. The number of aliphatic carboxylic acids is 1. The van der Waals surface area contributed by atoms with Crippen LogP contribution in [-0.4, -0.2) is 88.5 Å². The zero-order chi connectivity index (χ0) is 25.6. The van der Waals surface area contributed by atoms with E-state index in [0.717, 1.165) is 0 Å². The average molecular weight is 493 g/mol. The molecule has 0 radical (unpaired) electrons. The number of carboxylic acid groups (broad SMARTS) is 1. The number of carboxylic acids is 1. The predicted molar refractivity (Wildman–Crippen MR) is 118 cm³/mol. The molecule has 4 atom stereocenters.